The molecule has 2 N–H and O–H groups in total. The van der Waals surface area contributed by atoms with E-state index >= 15 is 0 Å². The highest BCUT2D eigenvalue weighted by atomic mass is 19.4. The Hall–Kier alpha value is -3.96. The molecule has 3 heterocycles. The van der Waals surface area contributed by atoms with Gasteiger partial charge in [0, 0.05) is 36.8 Å². The molecule has 8 nitrogen and oxygen atoms in total. The van der Waals surface area contributed by atoms with Crippen molar-refractivity contribution in [2.75, 3.05) is 31.6 Å². The fourth-order valence-electron chi connectivity index (χ4n) is 5.35. The maximum absolute atomic E-state index is 13.6. The minimum absolute atomic E-state index is 0.141. The molecule has 1 fully saturated rings. The summed E-state index contributed by atoms with van der Waals surface area (Å²) in [6, 6.07) is 12.4. The van der Waals surface area contributed by atoms with Crippen LogP contribution >= 0.6 is 0 Å². The number of aryl methyl sites for hydroxylation is 1. The van der Waals surface area contributed by atoms with Crippen LogP contribution in [-0.2, 0) is 10.9 Å². The number of nitrogens with zero attached hydrogens (tertiary/aromatic N) is 2. The van der Waals surface area contributed by atoms with E-state index in [4.69, 9.17) is 9.47 Å². The molecule has 2 aliphatic heterocycles. The fourth-order valence-corrected chi connectivity index (χ4v) is 5.35. The van der Waals surface area contributed by atoms with Gasteiger partial charge in [-0.15, -0.1) is 0 Å². The topological polar surface area (TPSA) is 101 Å². The second kappa shape index (κ2) is 11.0. The first-order valence-electron chi connectivity index (χ1n) is 13.6. The van der Waals surface area contributed by atoms with Crippen molar-refractivity contribution in [2.45, 2.75) is 51.0 Å². The first-order chi connectivity index (χ1) is 19.7. The number of aliphatic hydroxyl groups is 1. The second-order valence-electron chi connectivity index (χ2n) is 11.5. The van der Waals surface area contributed by atoms with Crippen LogP contribution in [0.25, 0.3) is 11.1 Å². The highest BCUT2D eigenvalue weighted by Crippen LogP contribution is 2.39. The summed E-state index contributed by atoms with van der Waals surface area (Å²) in [6.45, 7) is 6.64. The summed E-state index contributed by atoms with van der Waals surface area (Å²) in [7, 11) is 0. The summed E-state index contributed by atoms with van der Waals surface area (Å²) < 4.78 is 51.4. The van der Waals surface area contributed by atoms with Gasteiger partial charge in [-0.1, -0.05) is 12.1 Å². The van der Waals surface area contributed by atoms with Crippen molar-refractivity contribution in [3.63, 3.8) is 0 Å². The van der Waals surface area contributed by atoms with Crippen molar-refractivity contribution in [2.24, 2.45) is 0 Å². The van der Waals surface area contributed by atoms with E-state index in [0.717, 1.165) is 22.9 Å². The molecule has 0 saturated carbocycles. The third-order valence-electron chi connectivity index (χ3n) is 7.41. The minimum Gasteiger partial charge on any atom is -0.484 e. The number of ether oxygens (including phenoxy) is 2. The molecule has 222 valence electrons. The second-order valence-corrected chi connectivity index (χ2v) is 11.5. The van der Waals surface area contributed by atoms with E-state index in [1.807, 2.05) is 6.92 Å². The van der Waals surface area contributed by atoms with Gasteiger partial charge in [-0.05, 0) is 73.9 Å². The Morgan fingerprint density at radius 2 is 1.81 bits per heavy atom. The molecule has 1 aromatic heterocycles. The molecule has 5 rings (SSSR count). The largest absolute Gasteiger partial charge is 0.484 e. The molecule has 0 aliphatic carbocycles. The van der Waals surface area contributed by atoms with Gasteiger partial charge in [-0.2, -0.15) is 13.2 Å². The highest BCUT2D eigenvalue weighted by molar-refractivity contribution is 6.04. The van der Waals surface area contributed by atoms with Gasteiger partial charge in [0.1, 0.15) is 17.0 Å². The van der Waals surface area contributed by atoms with Crippen LogP contribution in [0.15, 0.2) is 54.7 Å². The number of anilines is 1. The van der Waals surface area contributed by atoms with Crippen LogP contribution in [0.1, 0.15) is 58.7 Å². The van der Waals surface area contributed by atoms with Crippen molar-refractivity contribution in [1.82, 2.24) is 9.88 Å². The average Bonchev–Trinajstić information content (AvgIpc) is 3.02. The summed E-state index contributed by atoms with van der Waals surface area (Å²) in [5.74, 6) is -0.528. The number of carbonyl (C=O) groups is 2. The predicted octanol–water partition coefficient (Wildman–Crippen LogP) is 5.48. The lowest BCUT2D eigenvalue weighted by atomic mass is 9.93. The maximum atomic E-state index is 13.6. The zero-order valence-corrected chi connectivity index (χ0v) is 23.5. The maximum Gasteiger partial charge on any atom is 0.433 e. The first kappa shape index (κ1) is 29.5. The number of nitrogens with one attached hydrogen (secondary N) is 1. The van der Waals surface area contributed by atoms with Crippen molar-refractivity contribution in [3.05, 3.63) is 77.1 Å². The molecular formula is C31H32F3N3O5. The molecule has 2 amide bonds. The Kier molecular flexibility index (Phi) is 7.76. The van der Waals surface area contributed by atoms with Gasteiger partial charge in [0.2, 0.25) is 0 Å². The quantitative estimate of drug-likeness (QED) is 0.413. The van der Waals surface area contributed by atoms with Crippen molar-refractivity contribution >= 4 is 17.5 Å². The zero-order chi connectivity index (χ0) is 30.3. The number of halogens is 3. The summed E-state index contributed by atoms with van der Waals surface area (Å²) >= 11 is 0. The molecule has 42 heavy (non-hydrogen) atoms. The molecule has 11 heteroatoms. The Labute approximate surface area is 241 Å². The molecule has 1 spiro atoms. The van der Waals surface area contributed by atoms with Gasteiger partial charge in [-0.3, -0.25) is 14.6 Å². The van der Waals surface area contributed by atoms with Gasteiger partial charge in [0.15, 0.2) is 0 Å². The molecule has 0 atom stereocenters. The number of fused-ring (bicyclic) bond motifs is 1. The third kappa shape index (κ3) is 6.42. The summed E-state index contributed by atoms with van der Waals surface area (Å²) in [6.07, 6.45) is -2.56. The Morgan fingerprint density at radius 3 is 2.50 bits per heavy atom. The zero-order valence-electron chi connectivity index (χ0n) is 23.5. The monoisotopic (exact) mass is 583 g/mol. The molecule has 0 unspecified atom stereocenters. The Morgan fingerprint density at radius 1 is 1.07 bits per heavy atom. The van der Waals surface area contributed by atoms with E-state index in [0.29, 0.717) is 55.7 Å². The van der Waals surface area contributed by atoms with Gasteiger partial charge in [0.05, 0.1) is 30.9 Å². The third-order valence-corrected chi connectivity index (χ3v) is 7.41. The average molecular weight is 584 g/mol. The van der Waals surface area contributed by atoms with Crippen molar-refractivity contribution < 1.29 is 37.3 Å². The van der Waals surface area contributed by atoms with Gasteiger partial charge < -0.3 is 24.8 Å². The number of pyridine rings is 1. The van der Waals surface area contributed by atoms with E-state index < -0.39 is 29.0 Å². The number of β-amino-alcohol motifs (C(OH)–C–C–N with tert-alkyl or cyclic N) is 1. The molecule has 0 radical (unpaired) electrons. The lowest BCUT2D eigenvalue weighted by molar-refractivity contribution is -0.141. The Balaban J connectivity index is 1.47. The lowest BCUT2D eigenvalue weighted by Gasteiger charge is -2.40. The number of amides is 2. The van der Waals surface area contributed by atoms with Gasteiger partial charge in [-0.25, -0.2) is 0 Å². The fraction of sp³-hybridized carbons (Fsp3) is 0.387. The SMILES string of the molecule is Cc1ccc(NC(=O)c2ccnc(C(F)(F)F)c2)cc1-c1ccc2c(c1)OC1(CCOCC1)CN(CC(C)(C)O)C2=O. The first-order valence-corrected chi connectivity index (χ1v) is 13.6. The summed E-state index contributed by atoms with van der Waals surface area (Å²) in [4.78, 5) is 31.4. The normalized spacial score (nSPS) is 16.9. The van der Waals surface area contributed by atoms with E-state index in [1.165, 1.54) is 6.07 Å². The smallest absolute Gasteiger partial charge is 0.433 e. The summed E-state index contributed by atoms with van der Waals surface area (Å²) in [5.41, 5.74) is 0.0265. The number of hydrogen-bond donors (Lipinski definition) is 2. The van der Waals surface area contributed by atoms with E-state index in [-0.39, 0.29) is 18.0 Å². The van der Waals surface area contributed by atoms with Crippen LogP contribution in [0.4, 0.5) is 18.9 Å². The van der Waals surface area contributed by atoms with Crippen molar-refractivity contribution in [1.29, 1.82) is 0 Å². The minimum atomic E-state index is -4.67. The number of hydrogen-bond acceptors (Lipinski definition) is 6. The van der Waals surface area contributed by atoms with Crippen LogP contribution in [0, 0.1) is 6.92 Å². The molecule has 1 saturated heterocycles. The lowest BCUT2D eigenvalue weighted by Crippen LogP contribution is -2.53. The van der Waals surface area contributed by atoms with E-state index in [2.05, 4.69) is 10.3 Å². The number of benzene rings is 2. The van der Waals surface area contributed by atoms with Crippen LogP contribution in [0.2, 0.25) is 0 Å². The van der Waals surface area contributed by atoms with E-state index in [1.54, 1.807) is 55.1 Å². The number of aromatic nitrogens is 1. The highest BCUT2D eigenvalue weighted by Gasteiger charge is 2.43. The summed E-state index contributed by atoms with van der Waals surface area (Å²) in [5, 5.41) is 13.2. The van der Waals surface area contributed by atoms with Crippen LogP contribution in [-0.4, -0.2) is 64.3 Å². The van der Waals surface area contributed by atoms with Gasteiger partial charge >= 0.3 is 6.18 Å². The number of rotatable bonds is 5. The van der Waals surface area contributed by atoms with E-state index in [9.17, 15) is 27.9 Å². The van der Waals surface area contributed by atoms with Gasteiger partial charge in [0.25, 0.3) is 11.8 Å². The van der Waals surface area contributed by atoms with Crippen LogP contribution in [0.5, 0.6) is 5.75 Å². The number of alkyl halides is 3. The molecule has 3 aromatic rings. The standard InChI is InChI=1S/C31H32F3N3O5/c1-19-4-6-22(36-27(38)21-8-11-35-26(15-21)31(32,33)34)16-24(19)20-5-7-23-25(14-20)42-30(9-12-41-13-10-30)18-37(28(23)39)17-29(2,3)40/h4-8,11,14-16,40H,9-10,12-13,17-18H2,1-3H3,(H,36,38). The Bertz CT molecular complexity index is 1510. The predicted molar refractivity (Wildman–Crippen MR) is 149 cm³/mol. The molecule has 0 bridgehead atoms. The van der Waals surface area contributed by atoms with Crippen LogP contribution in [0.3, 0.4) is 0 Å². The molecule has 2 aromatic carbocycles. The van der Waals surface area contributed by atoms with Crippen molar-refractivity contribution in [3.8, 4) is 16.9 Å². The molecular weight excluding hydrogens is 551 g/mol. The number of carbonyl (C=O) groups excluding carboxylic acids is 2. The molecule has 2 aliphatic rings. The van der Waals surface area contributed by atoms with Crippen LogP contribution < -0.4 is 10.1 Å².